The number of carbonyl (C=O) groups excluding carboxylic acids is 1. The smallest absolute Gasteiger partial charge is 0.327 e. The van der Waals surface area contributed by atoms with Crippen LogP contribution in [0.15, 0.2) is 41.3 Å². The second-order valence-electron chi connectivity index (χ2n) is 6.50. The number of aromatic nitrogens is 1. The maximum Gasteiger partial charge on any atom is 0.327 e. The van der Waals surface area contributed by atoms with Gasteiger partial charge in [0, 0.05) is 19.0 Å². The van der Waals surface area contributed by atoms with Crippen LogP contribution in [0.4, 0.5) is 8.78 Å². The van der Waals surface area contributed by atoms with Gasteiger partial charge in [-0.3, -0.25) is 9.59 Å². The number of ether oxygens (including phenoxy) is 1. The summed E-state index contributed by atoms with van der Waals surface area (Å²) in [6.07, 6.45) is 1.29. The van der Waals surface area contributed by atoms with Gasteiger partial charge in [0.2, 0.25) is 0 Å². The molecule has 0 fully saturated rings. The van der Waals surface area contributed by atoms with Crippen molar-refractivity contribution >= 4 is 15.8 Å². The first-order valence-electron chi connectivity index (χ1n) is 8.53. The van der Waals surface area contributed by atoms with Gasteiger partial charge in [0.25, 0.3) is 5.56 Å². The first-order valence-corrected chi connectivity index (χ1v) is 10.4. The molecule has 1 heterocycles. The van der Waals surface area contributed by atoms with E-state index in [1.807, 2.05) is 0 Å². The van der Waals surface area contributed by atoms with E-state index in [0.29, 0.717) is 0 Å². The number of benzene rings is 1. The molecule has 2 aromatic rings. The van der Waals surface area contributed by atoms with Gasteiger partial charge < -0.3 is 9.30 Å². The number of hydrogen-bond donors (Lipinski definition) is 0. The zero-order chi connectivity index (χ0) is 21.1. The van der Waals surface area contributed by atoms with E-state index < -0.39 is 43.3 Å². The van der Waals surface area contributed by atoms with Crippen molar-refractivity contribution in [2.75, 3.05) is 12.9 Å². The zero-order valence-electron chi connectivity index (χ0n) is 15.7. The highest BCUT2D eigenvalue weighted by Crippen LogP contribution is 2.26. The summed E-state index contributed by atoms with van der Waals surface area (Å²) in [4.78, 5) is 24.5. The lowest BCUT2D eigenvalue weighted by Crippen LogP contribution is -2.45. The number of carbonyl (C=O) groups is 1. The molecule has 0 amide bonds. The topological polar surface area (TPSA) is 82.4 Å². The van der Waals surface area contributed by atoms with Gasteiger partial charge in [0.05, 0.1) is 12.2 Å². The van der Waals surface area contributed by atoms with Gasteiger partial charge in [0.15, 0.2) is 20.4 Å². The van der Waals surface area contributed by atoms with Crippen molar-refractivity contribution in [1.29, 1.82) is 0 Å². The largest absolute Gasteiger partial charge is 0.465 e. The van der Waals surface area contributed by atoms with Crippen LogP contribution in [-0.4, -0.2) is 36.6 Å². The minimum atomic E-state index is -3.92. The molecule has 0 spiro atoms. The van der Waals surface area contributed by atoms with E-state index in [-0.39, 0.29) is 25.1 Å². The fraction of sp³-hybridized carbons (Fsp3) is 0.368. The summed E-state index contributed by atoms with van der Waals surface area (Å²) in [6.45, 7) is 2.28. The lowest BCUT2D eigenvalue weighted by molar-refractivity contribution is -0.146. The summed E-state index contributed by atoms with van der Waals surface area (Å²) < 4.78 is 56.9. The molecular formula is C19H21F2NO5S. The number of halogens is 2. The van der Waals surface area contributed by atoms with Gasteiger partial charge >= 0.3 is 5.97 Å². The molecule has 0 unspecified atom stereocenters. The summed E-state index contributed by atoms with van der Waals surface area (Å²) in [6, 6.07) is 7.76. The van der Waals surface area contributed by atoms with E-state index in [1.54, 1.807) is 18.2 Å². The molecule has 0 radical (unpaired) electrons. The third-order valence-electron chi connectivity index (χ3n) is 4.59. The second-order valence-corrected chi connectivity index (χ2v) is 8.95. The van der Waals surface area contributed by atoms with Crippen molar-refractivity contribution in [2.24, 2.45) is 0 Å². The number of hydrogen-bond acceptors (Lipinski definition) is 5. The Balaban J connectivity index is 2.42. The SMILES string of the molecule is CCOC(=O)[C@@](C)(CCn1cc(F)c(-c2ccccc2)c(F)c1=O)S(C)(=O)=O. The average Bonchev–Trinajstić information content (AvgIpc) is 2.63. The fourth-order valence-electron chi connectivity index (χ4n) is 2.69. The van der Waals surface area contributed by atoms with Crippen LogP contribution in [0.1, 0.15) is 20.3 Å². The molecular weight excluding hydrogens is 392 g/mol. The molecule has 2 rings (SSSR count). The first kappa shape index (κ1) is 21.7. The van der Waals surface area contributed by atoms with Crippen LogP contribution in [-0.2, 0) is 25.9 Å². The van der Waals surface area contributed by atoms with Crippen molar-refractivity contribution in [1.82, 2.24) is 4.57 Å². The molecule has 0 aliphatic heterocycles. The van der Waals surface area contributed by atoms with E-state index in [4.69, 9.17) is 4.74 Å². The van der Waals surface area contributed by atoms with Crippen LogP contribution >= 0.6 is 0 Å². The molecule has 6 nitrogen and oxygen atoms in total. The second kappa shape index (κ2) is 8.22. The van der Waals surface area contributed by atoms with Gasteiger partial charge in [-0.2, -0.15) is 0 Å². The van der Waals surface area contributed by atoms with Crippen LogP contribution in [0.25, 0.3) is 11.1 Å². The molecule has 0 aliphatic rings. The first-order chi connectivity index (χ1) is 13.0. The molecule has 152 valence electrons. The maximum atomic E-state index is 14.6. The maximum absolute atomic E-state index is 14.6. The third kappa shape index (κ3) is 4.14. The Morgan fingerprint density at radius 2 is 1.82 bits per heavy atom. The summed E-state index contributed by atoms with van der Waals surface area (Å²) in [5.74, 6) is -3.24. The number of rotatable bonds is 7. The summed E-state index contributed by atoms with van der Waals surface area (Å²) in [7, 11) is -3.92. The Hall–Kier alpha value is -2.55. The van der Waals surface area contributed by atoms with Crippen molar-refractivity contribution in [2.45, 2.75) is 31.6 Å². The van der Waals surface area contributed by atoms with Crippen LogP contribution in [0.3, 0.4) is 0 Å². The van der Waals surface area contributed by atoms with E-state index in [9.17, 15) is 26.8 Å². The number of sulfone groups is 1. The minimum Gasteiger partial charge on any atom is -0.465 e. The summed E-state index contributed by atoms with van der Waals surface area (Å²) in [5, 5.41) is 0. The van der Waals surface area contributed by atoms with E-state index in [0.717, 1.165) is 23.9 Å². The Kier molecular flexibility index (Phi) is 6.38. The molecule has 0 saturated heterocycles. The fourth-order valence-corrected chi connectivity index (χ4v) is 3.51. The van der Waals surface area contributed by atoms with Crippen LogP contribution < -0.4 is 5.56 Å². The van der Waals surface area contributed by atoms with Crippen molar-refractivity contribution in [3.63, 3.8) is 0 Å². The van der Waals surface area contributed by atoms with Crippen LogP contribution in [0, 0.1) is 11.6 Å². The molecule has 0 aliphatic carbocycles. The van der Waals surface area contributed by atoms with Gasteiger partial charge in [-0.1, -0.05) is 30.3 Å². The molecule has 1 aromatic carbocycles. The Bertz CT molecular complexity index is 1030. The van der Waals surface area contributed by atoms with Crippen molar-refractivity contribution in [3.8, 4) is 11.1 Å². The molecule has 9 heteroatoms. The van der Waals surface area contributed by atoms with Crippen LogP contribution in [0.5, 0.6) is 0 Å². The highest BCUT2D eigenvalue weighted by molar-refractivity contribution is 7.92. The molecule has 0 N–H and O–H groups in total. The van der Waals surface area contributed by atoms with Gasteiger partial charge in [-0.05, 0) is 25.8 Å². The van der Waals surface area contributed by atoms with Gasteiger partial charge in [-0.15, -0.1) is 0 Å². The summed E-state index contributed by atoms with van der Waals surface area (Å²) in [5.41, 5.74) is -1.37. The predicted octanol–water partition coefficient (Wildman–Crippen LogP) is 2.55. The summed E-state index contributed by atoms with van der Waals surface area (Å²) >= 11 is 0. The Labute approximate surface area is 161 Å². The zero-order valence-corrected chi connectivity index (χ0v) is 16.6. The van der Waals surface area contributed by atoms with E-state index >= 15 is 0 Å². The van der Waals surface area contributed by atoms with E-state index in [1.165, 1.54) is 19.1 Å². The Morgan fingerprint density at radius 3 is 2.36 bits per heavy atom. The minimum absolute atomic E-state index is 0.0288. The molecule has 1 atom stereocenters. The average molecular weight is 413 g/mol. The van der Waals surface area contributed by atoms with Gasteiger partial charge in [-0.25, -0.2) is 17.2 Å². The van der Waals surface area contributed by atoms with Crippen molar-refractivity contribution in [3.05, 3.63) is 58.5 Å². The number of aryl methyl sites for hydroxylation is 1. The lowest BCUT2D eigenvalue weighted by Gasteiger charge is -2.25. The highest BCUT2D eigenvalue weighted by atomic mass is 32.2. The molecule has 28 heavy (non-hydrogen) atoms. The van der Waals surface area contributed by atoms with Gasteiger partial charge in [0.1, 0.15) is 5.82 Å². The molecule has 1 aromatic heterocycles. The number of pyridine rings is 1. The monoisotopic (exact) mass is 413 g/mol. The number of nitrogens with zero attached hydrogens (tertiary/aromatic N) is 1. The predicted molar refractivity (Wildman–Crippen MR) is 101 cm³/mol. The number of esters is 1. The lowest BCUT2D eigenvalue weighted by atomic mass is 10.1. The van der Waals surface area contributed by atoms with Crippen molar-refractivity contribution < 1.29 is 26.7 Å². The quantitative estimate of drug-likeness (QED) is 0.652. The normalized spacial score (nSPS) is 13.8. The van der Waals surface area contributed by atoms with Crippen LogP contribution in [0.2, 0.25) is 0 Å². The van der Waals surface area contributed by atoms with E-state index in [2.05, 4.69) is 0 Å². The molecule has 0 saturated carbocycles. The molecule has 0 bridgehead atoms. The Morgan fingerprint density at radius 1 is 1.21 bits per heavy atom. The highest BCUT2D eigenvalue weighted by Gasteiger charge is 2.44. The standard InChI is InChI=1S/C19H21F2NO5S/c1-4-27-18(24)19(2,28(3,25)26)10-11-22-12-14(20)15(16(21)17(22)23)13-8-6-5-7-9-13/h5-9,12H,4,10-11H2,1-3H3/t19-/m1/s1. The third-order valence-corrected chi connectivity index (χ3v) is 6.60.